The summed E-state index contributed by atoms with van der Waals surface area (Å²) >= 11 is 3.48. The molecule has 6 nitrogen and oxygen atoms in total. The number of nitrogens with zero attached hydrogens (tertiary/aromatic N) is 1. The van der Waals surface area contributed by atoms with Crippen molar-refractivity contribution in [3.05, 3.63) is 160 Å². The Kier molecular flexibility index (Phi) is 7.00. The lowest BCUT2D eigenvalue weighted by Crippen LogP contribution is -2.45. The van der Waals surface area contributed by atoms with Crippen molar-refractivity contribution < 1.29 is 23.9 Å². The normalized spacial score (nSPS) is 24.3. The summed E-state index contributed by atoms with van der Waals surface area (Å²) in [6.07, 6.45) is 0. The fraction of sp³-hybridized carbons (Fsp3) is 0.146. The van der Waals surface area contributed by atoms with Crippen molar-refractivity contribution in [2.45, 2.75) is 10.8 Å². The van der Waals surface area contributed by atoms with E-state index < -0.39 is 22.7 Å². The molecule has 4 atom stereocenters. The Hall–Kier alpha value is -5.27. The van der Waals surface area contributed by atoms with Gasteiger partial charge < -0.3 is 9.47 Å². The summed E-state index contributed by atoms with van der Waals surface area (Å²) in [5.41, 5.74) is 1.84. The first kappa shape index (κ1) is 30.1. The van der Waals surface area contributed by atoms with Crippen LogP contribution in [0.1, 0.15) is 22.3 Å². The van der Waals surface area contributed by atoms with Gasteiger partial charge in [0, 0.05) is 4.47 Å². The molecule has 7 heteroatoms. The number of ether oxygens (including phenoxy) is 2. The molecular weight excluding hydrogens is 666 g/mol. The zero-order valence-electron chi connectivity index (χ0n) is 26.2. The van der Waals surface area contributed by atoms with E-state index in [0.717, 1.165) is 26.7 Å². The smallest absolute Gasteiger partial charge is 0.239 e. The number of hydrogen-bond donors (Lipinski definition) is 0. The van der Waals surface area contributed by atoms with Gasteiger partial charge in [-0.15, -0.1) is 0 Å². The molecule has 2 bridgehead atoms. The van der Waals surface area contributed by atoms with E-state index in [-0.39, 0.29) is 17.6 Å². The average molecular weight is 697 g/mol. The average Bonchev–Trinajstić information content (AvgIpc) is 3.65. The van der Waals surface area contributed by atoms with Crippen LogP contribution in [0.25, 0.3) is 11.1 Å². The highest BCUT2D eigenvalue weighted by Gasteiger charge is 2.82. The van der Waals surface area contributed by atoms with Crippen LogP contribution in [-0.2, 0) is 25.2 Å². The Balaban J connectivity index is 1.54. The summed E-state index contributed by atoms with van der Waals surface area (Å²) in [5, 5.41) is 0. The fourth-order valence-corrected chi connectivity index (χ4v) is 8.75. The van der Waals surface area contributed by atoms with Gasteiger partial charge >= 0.3 is 0 Å². The highest BCUT2D eigenvalue weighted by molar-refractivity contribution is 9.10. The van der Waals surface area contributed by atoms with Gasteiger partial charge in [-0.25, -0.2) is 4.90 Å². The minimum absolute atomic E-state index is 0.170. The van der Waals surface area contributed by atoms with Gasteiger partial charge in [0.15, 0.2) is 5.78 Å². The van der Waals surface area contributed by atoms with Crippen LogP contribution < -0.4 is 14.4 Å². The second-order valence-electron chi connectivity index (χ2n) is 12.3. The van der Waals surface area contributed by atoms with Crippen molar-refractivity contribution >= 4 is 50.4 Å². The van der Waals surface area contributed by atoms with Crippen LogP contribution in [0.4, 0.5) is 5.69 Å². The molecule has 0 radical (unpaired) electrons. The maximum Gasteiger partial charge on any atom is 0.239 e. The second-order valence-corrected chi connectivity index (χ2v) is 13.2. The Bertz CT molecular complexity index is 1980. The van der Waals surface area contributed by atoms with Gasteiger partial charge in [0.1, 0.15) is 11.5 Å². The first-order chi connectivity index (χ1) is 23.4. The predicted octanol–water partition coefficient (Wildman–Crippen LogP) is 7.66. The summed E-state index contributed by atoms with van der Waals surface area (Å²) < 4.78 is 11.9. The SMILES string of the molecule is COc1ccc(C2=C(c3ccc(OC)cc3)[C@@]3(c4ccccc4)C(=O)[C@]2(c2ccccc2)[C@H]2C(=O)N(c4ccc(Br)cc4)C(=O)[C@@H]23)cc1. The van der Waals surface area contributed by atoms with Crippen LogP contribution >= 0.6 is 15.9 Å². The van der Waals surface area contributed by atoms with Crippen LogP contribution in [0.15, 0.2) is 138 Å². The summed E-state index contributed by atoms with van der Waals surface area (Å²) in [6, 6.07) is 41.4. The molecule has 2 fully saturated rings. The van der Waals surface area contributed by atoms with Crippen molar-refractivity contribution in [3.8, 4) is 11.5 Å². The maximum atomic E-state index is 16.0. The van der Waals surface area contributed by atoms with Crippen LogP contribution in [0.2, 0.25) is 0 Å². The summed E-state index contributed by atoms with van der Waals surface area (Å²) in [7, 11) is 3.22. The lowest BCUT2D eigenvalue weighted by atomic mass is 9.59. The number of fused-ring (bicyclic) bond motifs is 5. The van der Waals surface area contributed by atoms with Gasteiger partial charge in [-0.05, 0) is 81.9 Å². The zero-order valence-corrected chi connectivity index (χ0v) is 27.8. The highest BCUT2D eigenvalue weighted by atomic mass is 79.9. The number of allylic oxidation sites excluding steroid dienone is 2. The Labute approximate surface area is 286 Å². The number of Topliss-reactive ketones (excluding diaryl/α,β-unsaturated/α-hetero) is 1. The van der Waals surface area contributed by atoms with E-state index in [2.05, 4.69) is 15.9 Å². The van der Waals surface area contributed by atoms with E-state index >= 15 is 14.4 Å². The maximum absolute atomic E-state index is 16.0. The van der Waals surface area contributed by atoms with E-state index in [1.54, 1.807) is 26.4 Å². The fourth-order valence-electron chi connectivity index (χ4n) is 8.48. The molecule has 1 saturated heterocycles. The van der Waals surface area contributed by atoms with Crippen LogP contribution in [-0.4, -0.2) is 31.8 Å². The van der Waals surface area contributed by atoms with Gasteiger partial charge in [-0.3, -0.25) is 14.4 Å². The van der Waals surface area contributed by atoms with E-state index in [9.17, 15) is 0 Å². The molecular formula is C41H30BrNO5. The van der Waals surface area contributed by atoms with Crippen LogP contribution in [0.5, 0.6) is 11.5 Å². The monoisotopic (exact) mass is 695 g/mol. The predicted molar refractivity (Wildman–Crippen MR) is 188 cm³/mol. The number of imide groups is 1. The van der Waals surface area contributed by atoms with E-state index in [1.165, 1.54) is 4.90 Å². The molecule has 236 valence electrons. The molecule has 5 aromatic carbocycles. The number of hydrogen-bond acceptors (Lipinski definition) is 5. The minimum Gasteiger partial charge on any atom is -0.497 e. The van der Waals surface area contributed by atoms with Crippen LogP contribution in [0, 0.1) is 11.8 Å². The number of halogens is 1. The summed E-state index contributed by atoms with van der Waals surface area (Å²) in [5.74, 6) is -1.61. The van der Waals surface area contributed by atoms with E-state index in [1.807, 2.05) is 121 Å². The summed E-state index contributed by atoms with van der Waals surface area (Å²) in [4.78, 5) is 47.4. The van der Waals surface area contributed by atoms with E-state index in [4.69, 9.17) is 9.47 Å². The molecule has 5 aromatic rings. The van der Waals surface area contributed by atoms with Gasteiger partial charge in [0.25, 0.3) is 0 Å². The standard InChI is InChI=1S/C41H30BrNO5/c1-47-31-21-13-25(14-22-31)33-34(26-15-23-32(48-2)24-16-26)41(28-11-7-4-8-12-28)36-35(40(33,39(41)46)27-9-5-3-6-10-27)37(44)43(38(36)45)30-19-17-29(42)18-20-30/h3-24,35-36H,1-2H3/t35-,36-,40-,41+/m1/s1. The molecule has 0 aromatic heterocycles. The quantitative estimate of drug-likeness (QED) is 0.164. The van der Waals surface area contributed by atoms with Crippen molar-refractivity contribution in [2.24, 2.45) is 11.8 Å². The lowest BCUT2D eigenvalue weighted by molar-refractivity contribution is -0.130. The Morgan fingerprint density at radius 3 is 1.31 bits per heavy atom. The van der Waals surface area contributed by atoms with Crippen LogP contribution in [0.3, 0.4) is 0 Å². The molecule has 48 heavy (non-hydrogen) atoms. The lowest BCUT2D eigenvalue weighted by Gasteiger charge is -2.39. The van der Waals surface area contributed by atoms with Crippen molar-refractivity contribution in [1.82, 2.24) is 0 Å². The first-order valence-corrected chi connectivity index (χ1v) is 16.5. The number of amides is 2. The third-order valence-corrected chi connectivity index (χ3v) is 10.8. The third-order valence-electron chi connectivity index (χ3n) is 10.3. The topological polar surface area (TPSA) is 72.9 Å². The molecule has 0 spiro atoms. The largest absolute Gasteiger partial charge is 0.497 e. The molecule has 0 N–H and O–H groups in total. The minimum atomic E-state index is -1.48. The van der Waals surface area contributed by atoms with Crippen molar-refractivity contribution in [3.63, 3.8) is 0 Å². The molecule has 1 heterocycles. The Morgan fingerprint density at radius 1 is 0.542 bits per heavy atom. The van der Waals surface area contributed by atoms with Gasteiger partial charge in [0.2, 0.25) is 11.8 Å². The molecule has 1 saturated carbocycles. The molecule has 2 aliphatic carbocycles. The first-order valence-electron chi connectivity index (χ1n) is 15.7. The number of ketones is 1. The number of benzene rings is 5. The van der Waals surface area contributed by atoms with Crippen molar-refractivity contribution in [2.75, 3.05) is 19.1 Å². The van der Waals surface area contributed by atoms with Gasteiger partial charge in [-0.1, -0.05) is 101 Å². The van der Waals surface area contributed by atoms with Gasteiger partial charge in [0.05, 0.1) is 42.6 Å². The number of rotatable bonds is 7. The number of methoxy groups -OCH3 is 2. The zero-order chi connectivity index (χ0) is 33.2. The van der Waals surface area contributed by atoms with Crippen molar-refractivity contribution in [1.29, 1.82) is 0 Å². The van der Waals surface area contributed by atoms with E-state index in [0.29, 0.717) is 28.3 Å². The second kappa shape index (κ2) is 11.2. The van der Waals surface area contributed by atoms with Gasteiger partial charge in [-0.2, -0.15) is 0 Å². The highest BCUT2D eigenvalue weighted by Crippen LogP contribution is 2.74. The molecule has 2 amide bonds. The molecule has 1 aliphatic heterocycles. The number of carbonyl (C=O) groups excluding carboxylic acids is 3. The summed E-state index contributed by atoms with van der Waals surface area (Å²) in [6.45, 7) is 0. The number of carbonyl (C=O) groups is 3. The Morgan fingerprint density at radius 2 is 0.938 bits per heavy atom. The molecule has 0 unspecified atom stereocenters. The molecule has 8 rings (SSSR count). The number of anilines is 1. The third kappa shape index (κ3) is 3.88. The molecule has 3 aliphatic rings.